The summed E-state index contributed by atoms with van der Waals surface area (Å²) in [5.41, 5.74) is 2.09. The number of nitrogens with zero attached hydrogens (tertiary/aromatic N) is 1. The molecule has 0 radical (unpaired) electrons. The maximum absolute atomic E-state index is 13.8. The molecule has 6 heteroatoms. The highest BCUT2D eigenvalue weighted by Crippen LogP contribution is 2.28. The van der Waals surface area contributed by atoms with Crippen molar-refractivity contribution in [3.63, 3.8) is 0 Å². The lowest BCUT2D eigenvalue weighted by molar-refractivity contribution is -0.122. The van der Waals surface area contributed by atoms with Crippen LogP contribution in [0.5, 0.6) is 0 Å². The van der Waals surface area contributed by atoms with Crippen molar-refractivity contribution in [1.29, 1.82) is 0 Å². The van der Waals surface area contributed by atoms with Gasteiger partial charge in [0.1, 0.15) is 0 Å². The first-order valence-electron chi connectivity index (χ1n) is 7.82. The lowest BCUT2D eigenvalue weighted by atomic mass is 9.95. The molecular formula is C18H19Cl2FN2O. The molecule has 0 bridgehead atoms. The largest absolute Gasteiger partial charge is 0.351 e. The predicted molar refractivity (Wildman–Crippen MR) is 94.9 cm³/mol. The van der Waals surface area contributed by atoms with Gasteiger partial charge in [0.2, 0.25) is 11.9 Å². The lowest BCUT2D eigenvalue weighted by Gasteiger charge is -2.16. The standard InChI is InChI=1S/C18H19Cl2FN2O/c1-3-11-7-13(17(21)22-9-11)10-23-18(24)14(4-2)12-5-6-15(19)16(20)8-12/h5-9,14H,3-4,10H2,1-2H3,(H,23,24)/t14-/m1/s1. The summed E-state index contributed by atoms with van der Waals surface area (Å²) in [4.78, 5) is 16.2. The van der Waals surface area contributed by atoms with Crippen molar-refractivity contribution in [3.05, 3.63) is 63.1 Å². The highest BCUT2D eigenvalue weighted by atomic mass is 35.5. The van der Waals surface area contributed by atoms with Crippen LogP contribution in [0.15, 0.2) is 30.5 Å². The molecule has 0 fully saturated rings. The van der Waals surface area contributed by atoms with Gasteiger partial charge in [-0.3, -0.25) is 4.79 Å². The van der Waals surface area contributed by atoms with Gasteiger partial charge in [0.25, 0.3) is 0 Å². The zero-order chi connectivity index (χ0) is 17.7. The van der Waals surface area contributed by atoms with Gasteiger partial charge in [-0.15, -0.1) is 0 Å². The summed E-state index contributed by atoms with van der Waals surface area (Å²) in [6.07, 6.45) is 2.86. The normalized spacial score (nSPS) is 12.0. The molecule has 1 aromatic carbocycles. The Morgan fingerprint density at radius 2 is 2.00 bits per heavy atom. The molecule has 0 spiro atoms. The van der Waals surface area contributed by atoms with Crippen molar-refractivity contribution >= 4 is 29.1 Å². The fourth-order valence-corrected chi connectivity index (χ4v) is 2.77. The van der Waals surface area contributed by atoms with Crippen LogP contribution >= 0.6 is 23.2 Å². The molecule has 1 heterocycles. The predicted octanol–water partition coefficient (Wildman–Crippen LogP) is 4.90. The van der Waals surface area contributed by atoms with E-state index < -0.39 is 5.95 Å². The maximum Gasteiger partial charge on any atom is 0.227 e. The highest BCUT2D eigenvalue weighted by molar-refractivity contribution is 6.42. The topological polar surface area (TPSA) is 42.0 Å². The van der Waals surface area contributed by atoms with E-state index in [9.17, 15) is 9.18 Å². The van der Waals surface area contributed by atoms with Gasteiger partial charge < -0.3 is 5.32 Å². The summed E-state index contributed by atoms with van der Waals surface area (Å²) in [6.45, 7) is 3.98. The van der Waals surface area contributed by atoms with E-state index >= 15 is 0 Å². The molecule has 0 aliphatic carbocycles. The van der Waals surface area contributed by atoms with E-state index in [1.807, 2.05) is 13.8 Å². The van der Waals surface area contributed by atoms with Crippen LogP contribution in [0, 0.1) is 5.95 Å². The van der Waals surface area contributed by atoms with E-state index in [0.29, 0.717) is 22.0 Å². The number of aromatic nitrogens is 1. The molecule has 1 atom stereocenters. The minimum absolute atomic E-state index is 0.101. The molecular weight excluding hydrogens is 350 g/mol. The number of hydrogen-bond acceptors (Lipinski definition) is 2. The van der Waals surface area contributed by atoms with Crippen LogP contribution in [0.25, 0.3) is 0 Å². The van der Waals surface area contributed by atoms with Crippen molar-refractivity contribution in [2.45, 2.75) is 39.2 Å². The number of carbonyl (C=O) groups excluding carboxylic acids is 1. The maximum atomic E-state index is 13.8. The van der Waals surface area contributed by atoms with E-state index in [0.717, 1.165) is 17.5 Å². The Morgan fingerprint density at radius 3 is 2.62 bits per heavy atom. The minimum Gasteiger partial charge on any atom is -0.351 e. The first-order chi connectivity index (χ1) is 11.5. The highest BCUT2D eigenvalue weighted by Gasteiger charge is 2.20. The van der Waals surface area contributed by atoms with Crippen LogP contribution in [0.4, 0.5) is 4.39 Å². The third-order valence-electron chi connectivity index (χ3n) is 3.90. The molecule has 0 aliphatic rings. The fraction of sp³-hybridized carbons (Fsp3) is 0.333. The molecule has 1 aromatic heterocycles. The quantitative estimate of drug-likeness (QED) is 0.736. The number of halogens is 3. The molecule has 0 saturated heterocycles. The first kappa shape index (κ1) is 18.7. The van der Waals surface area contributed by atoms with Gasteiger partial charge in [-0.05, 0) is 42.2 Å². The molecule has 2 rings (SSSR count). The number of aryl methyl sites for hydroxylation is 1. The Labute approximate surface area is 151 Å². The fourth-order valence-electron chi connectivity index (χ4n) is 2.47. The number of benzene rings is 1. The molecule has 1 N–H and O–H groups in total. The number of pyridine rings is 1. The van der Waals surface area contributed by atoms with E-state index in [-0.39, 0.29) is 18.4 Å². The van der Waals surface area contributed by atoms with Crippen molar-refractivity contribution in [2.75, 3.05) is 0 Å². The molecule has 2 aromatic rings. The van der Waals surface area contributed by atoms with Crippen molar-refractivity contribution in [3.8, 4) is 0 Å². The van der Waals surface area contributed by atoms with Gasteiger partial charge >= 0.3 is 0 Å². The molecule has 128 valence electrons. The summed E-state index contributed by atoms with van der Waals surface area (Å²) >= 11 is 11.9. The second-order valence-corrected chi connectivity index (χ2v) is 6.31. The average molecular weight is 369 g/mol. The zero-order valence-corrected chi connectivity index (χ0v) is 15.1. The summed E-state index contributed by atoms with van der Waals surface area (Å²) < 4.78 is 13.8. The Bertz CT molecular complexity index is 737. The monoisotopic (exact) mass is 368 g/mol. The number of carbonyl (C=O) groups is 1. The van der Waals surface area contributed by atoms with E-state index in [1.54, 1.807) is 24.3 Å². The third-order valence-corrected chi connectivity index (χ3v) is 4.64. The van der Waals surface area contributed by atoms with Crippen LogP contribution in [0.2, 0.25) is 10.0 Å². The molecule has 3 nitrogen and oxygen atoms in total. The lowest BCUT2D eigenvalue weighted by Crippen LogP contribution is -2.29. The molecule has 0 unspecified atom stereocenters. The van der Waals surface area contributed by atoms with E-state index in [2.05, 4.69) is 10.3 Å². The number of rotatable bonds is 6. The number of hydrogen-bond donors (Lipinski definition) is 1. The Kier molecular flexibility index (Phi) is 6.58. The van der Waals surface area contributed by atoms with E-state index in [1.165, 1.54) is 6.20 Å². The summed E-state index contributed by atoms with van der Waals surface area (Å²) in [5.74, 6) is -1.11. The van der Waals surface area contributed by atoms with Crippen LogP contribution in [-0.4, -0.2) is 10.9 Å². The SMILES string of the molecule is CCc1cnc(F)c(CNC(=O)[C@H](CC)c2ccc(Cl)c(Cl)c2)c1. The summed E-state index contributed by atoms with van der Waals surface area (Å²) in [5, 5.41) is 3.63. The minimum atomic E-state index is -0.560. The van der Waals surface area contributed by atoms with Crippen LogP contribution in [0.3, 0.4) is 0 Å². The van der Waals surface area contributed by atoms with Crippen molar-refractivity contribution in [2.24, 2.45) is 0 Å². The van der Waals surface area contributed by atoms with Gasteiger partial charge in [-0.1, -0.05) is 43.1 Å². The Hall–Kier alpha value is -1.65. The second kappa shape index (κ2) is 8.45. The summed E-state index contributed by atoms with van der Waals surface area (Å²) in [6, 6.07) is 6.87. The van der Waals surface area contributed by atoms with E-state index in [4.69, 9.17) is 23.2 Å². The molecule has 24 heavy (non-hydrogen) atoms. The van der Waals surface area contributed by atoms with Gasteiger partial charge in [-0.2, -0.15) is 4.39 Å². The smallest absolute Gasteiger partial charge is 0.227 e. The Morgan fingerprint density at radius 1 is 1.25 bits per heavy atom. The van der Waals surface area contributed by atoms with Gasteiger partial charge in [0, 0.05) is 18.3 Å². The number of nitrogens with one attached hydrogen (secondary N) is 1. The van der Waals surface area contributed by atoms with Crippen LogP contribution in [0.1, 0.15) is 42.9 Å². The third kappa shape index (κ3) is 4.46. The van der Waals surface area contributed by atoms with Crippen molar-refractivity contribution < 1.29 is 9.18 Å². The van der Waals surface area contributed by atoms with Gasteiger partial charge in [0.15, 0.2) is 0 Å². The van der Waals surface area contributed by atoms with Crippen molar-refractivity contribution in [1.82, 2.24) is 10.3 Å². The van der Waals surface area contributed by atoms with Crippen LogP contribution < -0.4 is 5.32 Å². The second-order valence-electron chi connectivity index (χ2n) is 5.50. The number of amides is 1. The summed E-state index contributed by atoms with van der Waals surface area (Å²) in [7, 11) is 0. The average Bonchev–Trinajstić information content (AvgIpc) is 2.58. The molecule has 0 aliphatic heterocycles. The van der Waals surface area contributed by atoms with Gasteiger partial charge in [0.05, 0.1) is 16.0 Å². The Balaban J connectivity index is 2.11. The first-order valence-corrected chi connectivity index (χ1v) is 8.57. The van der Waals surface area contributed by atoms with Crippen LogP contribution in [-0.2, 0) is 17.8 Å². The molecule has 1 amide bonds. The molecule has 0 saturated carbocycles. The zero-order valence-electron chi connectivity index (χ0n) is 13.6. The van der Waals surface area contributed by atoms with Gasteiger partial charge in [-0.25, -0.2) is 4.98 Å².